The Morgan fingerprint density at radius 2 is 1.73 bits per heavy atom. The molecule has 0 saturated heterocycles. The number of hydrogen-bond acceptors (Lipinski definition) is 5. The van der Waals surface area contributed by atoms with E-state index in [2.05, 4.69) is 0 Å². The second kappa shape index (κ2) is 4.81. The first-order valence-corrected chi connectivity index (χ1v) is 5.52. The summed E-state index contributed by atoms with van der Waals surface area (Å²) < 4.78 is 5.92. The maximum absolute atomic E-state index is 8.58. The molecule has 0 aliphatic heterocycles. The van der Waals surface area contributed by atoms with E-state index in [-0.39, 0.29) is 0 Å². The van der Waals surface area contributed by atoms with Crippen LogP contribution in [0.2, 0.25) is 0 Å². The van der Waals surface area contributed by atoms with Crippen LogP contribution >= 0.6 is 0 Å². The van der Waals surface area contributed by atoms with Crippen LogP contribution in [-0.2, 0) is 19.8 Å². The summed E-state index contributed by atoms with van der Waals surface area (Å²) in [6.45, 7) is 0. The molecule has 0 radical (unpaired) electrons. The van der Waals surface area contributed by atoms with Crippen LogP contribution in [0.25, 0.3) is 0 Å². The molecule has 0 fully saturated rings. The van der Waals surface area contributed by atoms with E-state index >= 15 is 0 Å². The fourth-order valence-corrected chi connectivity index (χ4v) is 0.745. The van der Waals surface area contributed by atoms with Gasteiger partial charge in [-0.25, -0.2) is 0 Å². The van der Waals surface area contributed by atoms with Crippen LogP contribution in [0.5, 0.6) is 0 Å². The van der Waals surface area contributed by atoms with Crippen molar-refractivity contribution in [3.8, 4) is 0 Å². The molecule has 5 nitrogen and oxygen atoms in total. The Balaban J connectivity index is 0.000000187. The zero-order valence-electron chi connectivity index (χ0n) is 5.18. The summed E-state index contributed by atoms with van der Waals surface area (Å²) in [6.07, 6.45) is 1.68. The van der Waals surface area contributed by atoms with Crippen LogP contribution in [0, 0.1) is 0 Å². The van der Waals surface area contributed by atoms with E-state index in [1.54, 1.807) is 6.26 Å². The van der Waals surface area contributed by atoms with Gasteiger partial charge < -0.3 is 28.2 Å². The van der Waals surface area contributed by atoms with Gasteiger partial charge in [-0.1, -0.05) is 0 Å². The molecule has 0 saturated carbocycles. The van der Waals surface area contributed by atoms with Crippen molar-refractivity contribution < 1.29 is 43.4 Å². The third-order valence-electron chi connectivity index (χ3n) is 0.495. The Labute approximate surface area is 75.3 Å². The van der Waals surface area contributed by atoms with E-state index < -0.39 is 9.05 Å². The van der Waals surface area contributed by atoms with Crippen LogP contribution in [0.4, 0.5) is 0 Å². The monoisotopic (exact) mass is 343 g/mol. The van der Waals surface area contributed by atoms with Gasteiger partial charge in [0.1, 0.15) is 0 Å². The van der Waals surface area contributed by atoms with Crippen LogP contribution < -0.4 is 23.3 Å². The SMILES string of the molecule is [O-][Si]([O-])([O-])[O-].[W+4][c]1ccco1. The van der Waals surface area contributed by atoms with Gasteiger partial charge in [-0.15, -0.1) is 0 Å². The third kappa shape index (κ3) is 13.1. The molecule has 0 N–H and O–H groups in total. The van der Waals surface area contributed by atoms with Crippen LogP contribution in [0.3, 0.4) is 0 Å². The first-order valence-electron chi connectivity index (χ1n) is 2.42. The van der Waals surface area contributed by atoms with Gasteiger partial charge in [-0.05, 0) is 0 Å². The van der Waals surface area contributed by atoms with Crippen molar-refractivity contribution in [2.75, 3.05) is 0 Å². The molecular weight excluding hydrogens is 340 g/mol. The second-order valence-electron chi connectivity index (χ2n) is 1.43. The molecule has 1 rings (SSSR count). The summed E-state index contributed by atoms with van der Waals surface area (Å²) in [5.41, 5.74) is 0. The number of rotatable bonds is 0. The fourth-order valence-electron chi connectivity index (χ4n) is 0.263. The average molecular weight is 343 g/mol. The van der Waals surface area contributed by atoms with Gasteiger partial charge in [-0.2, -0.15) is 0 Å². The van der Waals surface area contributed by atoms with E-state index in [0.29, 0.717) is 0 Å². The van der Waals surface area contributed by atoms with Crippen molar-refractivity contribution in [1.82, 2.24) is 0 Å². The Kier molecular flexibility index (Phi) is 4.82. The third-order valence-corrected chi connectivity index (χ3v) is 1.33. The fraction of sp³-hybridized carbons (Fsp3) is 0. The van der Waals surface area contributed by atoms with Gasteiger partial charge in [0.05, 0.1) is 0 Å². The molecular formula is C4H3O5SiW. The summed E-state index contributed by atoms with van der Waals surface area (Å²) in [6, 6.07) is 3.84. The van der Waals surface area contributed by atoms with Crippen molar-refractivity contribution >= 4 is 13.2 Å². The predicted molar refractivity (Wildman–Crippen MR) is 24.1 cm³/mol. The second-order valence-corrected chi connectivity index (χ2v) is 3.88. The molecule has 1 aromatic heterocycles. The van der Waals surface area contributed by atoms with E-state index in [0.717, 1.165) is 4.15 Å². The molecule has 1 heterocycles. The van der Waals surface area contributed by atoms with Crippen LogP contribution in [0.15, 0.2) is 22.8 Å². The van der Waals surface area contributed by atoms with Gasteiger partial charge >= 0.3 is 46.8 Å². The van der Waals surface area contributed by atoms with E-state index in [1.807, 2.05) is 12.1 Å². The normalized spacial score (nSPS) is 10.4. The summed E-state index contributed by atoms with van der Waals surface area (Å²) >= 11 is 1.38. The van der Waals surface area contributed by atoms with Gasteiger partial charge in [0.15, 0.2) is 0 Å². The Hall–Kier alpha value is 0.0252. The van der Waals surface area contributed by atoms with Gasteiger partial charge in [0.2, 0.25) is 0 Å². The maximum atomic E-state index is 8.58. The standard InChI is InChI=1S/C4H3O.O4Si.W/c1-2-4-5-3-1;1-5(2,3)4;/h1-3H;;/q;-4;+4. The van der Waals surface area contributed by atoms with Crippen molar-refractivity contribution in [1.29, 1.82) is 0 Å². The molecule has 11 heavy (non-hydrogen) atoms. The molecule has 0 bridgehead atoms. The summed E-state index contributed by atoms with van der Waals surface area (Å²) in [5.74, 6) is 0. The molecule has 0 atom stereocenters. The summed E-state index contributed by atoms with van der Waals surface area (Å²) in [4.78, 5) is 34.3. The first kappa shape index (κ1) is 11.0. The quantitative estimate of drug-likeness (QED) is 0.441. The first-order chi connectivity index (χ1) is 4.89. The number of furan rings is 1. The van der Waals surface area contributed by atoms with E-state index in [1.165, 1.54) is 19.8 Å². The van der Waals surface area contributed by atoms with Gasteiger partial charge in [-0.3, -0.25) is 0 Å². The average Bonchev–Trinajstić information content (AvgIpc) is 2.12. The van der Waals surface area contributed by atoms with Gasteiger partial charge in [0.25, 0.3) is 0 Å². The Morgan fingerprint density at radius 3 is 1.82 bits per heavy atom. The van der Waals surface area contributed by atoms with E-state index in [4.69, 9.17) is 23.6 Å². The topological polar surface area (TPSA) is 105 Å². The Bertz CT molecular complexity index is 175. The molecule has 0 aromatic carbocycles. The summed E-state index contributed by atoms with van der Waals surface area (Å²) in [7, 11) is -5.61. The molecule has 0 aliphatic rings. The zero-order chi connectivity index (χ0) is 8.91. The van der Waals surface area contributed by atoms with Crippen molar-refractivity contribution in [3.63, 3.8) is 0 Å². The molecule has 59 valence electrons. The van der Waals surface area contributed by atoms with Crippen LogP contribution in [0.1, 0.15) is 0 Å². The van der Waals surface area contributed by atoms with E-state index in [9.17, 15) is 0 Å². The van der Waals surface area contributed by atoms with Crippen LogP contribution in [-0.4, -0.2) is 9.05 Å². The molecule has 0 spiro atoms. The molecule has 7 heteroatoms. The minimum absolute atomic E-state index is 1.05. The van der Waals surface area contributed by atoms with Crippen molar-refractivity contribution in [3.05, 3.63) is 18.4 Å². The molecule has 0 aliphatic carbocycles. The summed E-state index contributed by atoms with van der Waals surface area (Å²) in [5, 5.41) is 0. The minimum atomic E-state index is -5.61. The molecule has 1 aromatic rings. The Morgan fingerprint density at radius 1 is 1.27 bits per heavy atom. The van der Waals surface area contributed by atoms with Crippen molar-refractivity contribution in [2.24, 2.45) is 0 Å². The molecule has 0 unspecified atom stereocenters. The molecule has 0 amide bonds. The zero-order valence-corrected chi connectivity index (χ0v) is 9.11. The predicted octanol–water partition coefficient (Wildman–Crippen LogP) is -4.69. The number of hydrogen-bond donors (Lipinski definition) is 0. The van der Waals surface area contributed by atoms with Gasteiger partial charge in [0, 0.05) is 0 Å². The van der Waals surface area contributed by atoms with Crippen molar-refractivity contribution in [2.45, 2.75) is 0 Å².